The predicted octanol–water partition coefficient (Wildman–Crippen LogP) is 0.124. The zero-order valence-electron chi connectivity index (χ0n) is 9.22. The van der Waals surface area contributed by atoms with Gasteiger partial charge in [0, 0.05) is 18.5 Å². The summed E-state index contributed by atoms with van der Waals surface area (Å²) in [5.74, 6) is 0.0214. The van der Waals surface area contributed by atoms with Crippen LogP contribution in [0.4, 0.5) is 0 Å². The molecule has 82 valence electrons. The fraction of sp³-hybridized carbons (Fsp3) is 0.900. The lowest BCUT2D eigenvalue weighted by molar-refractivity contribution is -0.133. The summed E-state index contributed by atoms with van der Waals surface area (Å²) < 4.78 is 5.11. The van der Waals surface area contributed by atoms with Crippen LogP contribution >= 0.6 is 0 Å². The number of hydrogen-bond acceptors (Lipinski definition) is 3. The molecule has 14 heavy (non-hydrogen) atoms. The maximum Gasteiger partial charge on any atom is 0.226 e. The number of hydrogen-bond donors (Lipinski definition) is 2. The Labute approximate surface area is 85.2 Å². The van der Waals surface area contributed by atoms with E-state index >= 15 is 0 Å². The fourth-order valence-electron chi connectivity index (χ4n) is 1.18. The maximum absolute atomic E-state index is 11.7. The molecule has 0 aromatic heterocycles. The Bertz CT molecular complexity index is 222. The van der Waals surface area contributed by atoms with Crippen LogP contribution in [0.2, 0.25) is 0 Å². The summed E-state index contributed by atoms with van der Waals surface area (Å²) in [6, 6.07) is 0. The topological polar surface area (TPSA) is 64.4 Å². The Hall–Kier alpha value is -0.610. The van der Waals surface area contributed by atoms with Gasteiger partial charge in [0.25, 0.3) is 0 Å². The molecular formula is C10H20N2O2. The van der Waals surface area contributed by atoms with Gasteiger partial charge in [0.2, 0.25) is 5.91 Å². The summed E-state index contributed by atoms with van der Waals surface area (Å²) >= 11 is 0. The number of amides is 1. The van der Waals surface area contributed by atoms with E-state index in [1.165, 1.54) is 0 Å². The molecule has 1 aliphatic rings. The molecule has 0 atom stereocenters. The number of nitrogens with two attached hydrogens (primary N) is 1. The van der Waals surface area contributed by atoms with Crippen molar-refractivity contribution >= 4 is 5.91 Å². The molecule has 4 heteroatoms. The highest BCUT2D eigenvalue weighted by Gasteiger charge is 2.35. The maximum atomic E-state index is 11.7. The molecule has 1 saturated heterocycles. The summed E-state index contributed by atoms with van der Waals surface area (Å²) in [5, 5.41) is 2.92. The summed E-state index contributed by atoms with van der Waals surface area (Å²) in [5.41, 5.74) is 5.16. The second kappa shape index (κ2) is 3.87. The minimum absolute atomic E-state index is 0.0214. The largest absolute Gasteiger partial charge is 0.380 e. The molecule has 4 nitrogen and oxygen atoms in total. The van der Waals surface area contributed by atoms with Crippen molar-refractivity contribution in [2.45, 2.75) is 20.8 Å². The third-order valence-electron chi connectivity index (χ3n) is 2.70. The SMILES string of the molecule is CC1(CNC(=O)C(C)(C)CN)COC1. The molecule has 0 bridgehead atoms. The molecule has 1 amide bonds. The van der Waals surface area contributed by atoms with Crippen LogP contribution in [0, 0.1) is 10.8 Å². The normalized spacial score (nSPS) is 20.0. The van der Waals surface area contributed by atoms with Crippen LogP contribution in [0.3, 0.4) is 0 Å². The molecule has 0 saturated carbocycles. The van der Waals surface area contributed by atoms with Crippen LogP contribution in [0.1, 0.15) is 20.8 Å². The van der Waals surface area contributed by atoms with Gasteiger partial charge in [-0.1, -0.05) is 6.92 Å². The molecule has 1 fully saturated rings. The van der Waals surface area contributed by atoms with Crippen molar-refractivity contribution in [2.75, 3.05) is 26.3 Å². The van der Waals surface area contributed by atoms with E-state index in [-0.39, 0.29) is 11.3 Å². The van der Waals surface area contributed by atoms with Gasteiger partial charge in [0.15, 0.2) is 0 Å². The van der Waals surface area contributed by atoms with Crippen LogP contribution in [-0.4, -0.2) is 32.2 Å². The summed E-state index contributed by atoms with van der Waals surface area (Å²) in [4.78, 5) is 11.7. The van der Waals surface area contributed by atoms with E-state index in [9.17, 15) is 4.79 Å². The minimum atomic E-state index is -0.471. The average Bonchev–Trinajstić information content (AvgIpc) is 2.11. The second-order valence-corrected chi connectivity index (χ2v) is 5.07. The molecule has 0 radical (unpaired) electrons. The zero-order chi connectivity index (χ0) is 10.8. The first-order valence-electron chi connectivity index (χ1n) is 4.96. The third kappa shape index (κ3) is 2.45. The number of carbonyl (C=O) groups excluding carboxylic acids is 1. The molecule has 1 rings (SSSR count). The Morgan fingerprint density at radius 1 is 1.57 bits per heavy atom. The van der Waals surface area contributed by atoms with E-state index in [1.807, 2.05) is 13.8 Å². The average molecular weight is 200 g/mol. The van der Waals surface area contributed by atoms with Gasteiger partial charge in [-0.05, 0) is 13.8 Å². The van der Waals surface area contributed by atoms with Gasteiger partial charge < -0.3 is 15.8 Å². The van der Waals surface area contributed by atoms with Gasteiger partial charge in [-0.15, -0.1) is 0 Å². The molecular weight excluding hydrogens is 180 g/mol. The van der Waals surface area contributed by atoms with Crippen molar-refractivity contribution in [1.29, 1.82) is 0 Å². The Morgan fingerprint density at radius 2 is 2.14 bits per heavy atom. The lowest BCUT2D eigenvalue weighted by Crippen LogP contribution is -2.51. The molecule has 0 aliphatic carbocycles. The molecule has 3 N–H and O–H groups in total. The van der Waals surface area contributed by atoms with Gasteiger partial charge in [-0.2, -0.15) is 0 Å². The highest BCUT2D eigenvalue weighted by molar-refractivity contribution is 5.82. The van der Waals surface area contributed by atoms with Crippen LogP contribution in [0.25, 0.3) is 0 Å². The quantitative estimate of drug-likeness (QED) is 0.677. The second-order valence-electron chi connectivity index (χ2n) is 5.07. The van der Waals surface area contributed by atoms with E-state index in [4.69, 9.17) is 10.5 Å². The highest BCUT2D eigenvalue weighted by atomic mass is 16.5. The van der Waals surface area contributed by atoms with E-state index in [1.54, 1.807) is 0 Å². The lowest BCUT2D eigenvalue weighted by Gasteiger charge is -2.38. The van der Waals surface area contributed by atoms with Gasteiger partial charge in [-0.3, -0.25) is 4.79 Å². The zero-order valence-corrected chi connectivity index (χ0v) is 9.22. The Morgan fingerprint density at radius 3 is 2.50 bits per heavy atom. The molecule has 0 spiro atoms. The molecule has 1 aliphatic heterocycles. The van der Waals surface area contributed by atoms with Crippen LogP contribution < -0.4 is 11.1 Å². The van der Waals surface area contributed by atoms with Crippen molar-refractivity contribution in [2.24, 2.45) is 16.6 Å². The Balaban J connectivity index is 2.34. The first-order chi connectivity index (χ1) is 6.40. The molecule has 0 aromatic rings. The number of carbonyl (C=O) groups is 1. The van der Waals surface area contributed by atoms with Gasteiger partial charge in [0.1, 0.15) is 0 Å². The predicted molar refractivity (Wildman–Crippen MR) is 54.8 cm³/mol. The van der Waals surface area contributed by atoms with Crippen molar-refractivity contribution in [3.63, 3.8) is 0 Å². The van der Waals surface area contributed by atoms with Crippen molar-refractivity contribution in [3.05, 3.63) is 0 Å². The van der Waals surface area contributed by atoms with Crippen molar-refractivity contribution < 1.29 is 9.53 Å². The molecule has 1 heterocycles. The van der Waals surface area contributed by atoms with Crippen LogP contribution in [-0.2, 0) is 9.53 Å². The van der Waals surface area contributed by atoms with Gasteiger partial charge in [-0.25, -0.2) is 0 Å². The summed E-state index contributed by atoms with van der Waals surface area (Å²) in [6.45, 7) is 8.31. The first-order valence-corrected chi connectivity index (χ1v) is 4.96. The molecule has 0 aromatic carbocycles. The van der Waals surface area contributed by atoms with Crippen LogP contribution in [0.5, 0.6) is 0 Å². The molecule has 0 unspecified atom stereocenters. The standard InChI is InChI=1S/C10H20N2O2/c1-9(2,4-11)8(13)12-5-10(3)6-14-7-10/h4-7,11H2,1-3H3,(H,12,13). The van der Waals surface area contributed by atoms with Gasteiger partial charge >= 0.3 is 0 Å². The number of rotatable bonds is 4. The minimum Gasteiger partial charge on any atom is -0.380 e. The fourth-order valence-corrected chi connectivity index (χ4v) is 1.18. The monoisotopic (exact) mass is 200 g/mol. The number of ether oxygens (including phenoxy) is 1. The van der Waals surface area contributed by atoms with E-state index in [0.29, 0.717) is 13.1 Å². The summed E-state index contributed by atoms with van der Waals surface area (Å²) in [6.07, 6.45) is 0. The van der Waals surface area contributed by atoms with E-state index < -0.39 is 5.41 Å². The highest BCUT2D eigenvalue weighted by Crippen LogP contribution is 2.25. The lowest BCUT2D eigenvalue weighted by atomic mass is 9.87. The Kier molecular flexibility index (Phi) is 3.17. The van der Waals surface area contributed by atoms with Gasteiger partial charge in [0.05, 0.1) is 18.6 Å². The number of nitrogens with one attached hydrogen (secondary N) is 1. The summed E-state index contributed by atoms with van der Waals surface area (Å²) in [7, 11) is 0. The third-order valence-corrected chi connectivity index (χ3v) is 2.70. The van der Waals surface area contributed by atoms with Crippen LogP contribution in [0.15, 0.2) is 0 Å². The van der Waals surface area contributed by atoms with E-state index in [2.05, 4.69) is 12.2 Å². The smallest absolute Gasteiger partial charge is 0.226 e. The van der Waals surface area contributed by atoms with E-state index in [0.717, 1.165) is 13.2 Å². The first kappa shape index (κ1) is 11.5. The van der Waals surface area contributed by atoms with Crippen molar-refractivity contribution in [3.8, 4) is 0 Å². The van der Waals surface area contributed by atoms with Crippen molar-refractivity contribution in [1.82, 2.24) is 5.32 Å².